The van der Waals surface area contributed by atoms with Crippen molar-refractivity contribution in [3.63, 3.8) is 0 Å². The average Bonchev–Trinajstić information content (AvgIpc) is 2.07. The SMILES string of the molecule is NC1CCOc2c(Br)cc(Br)cc21. The largest absolute Gasteiger partial charge is 0.492 e. The van der Waals surface area contributed by atoms with Crippen LogP contribution >= 0.6 is 31.9 Å². The van der Waals surface area contributed by atoms with Gasteiger partial charge in [-0.15, -0.1) is 0 Å². The van der Waals surface area contributed by atoms with Gasteiger partial charge in [-0.3, -0.25) is 0 Å². The number of rotatable bonds is 0. The predicted octanol–water partition coefficient (Wildman–Crippen LogP) is 2.99. The highest BCUT2D eigenvalue weighted by Gasteiger charge is 2.20. The maximum absolute atomic E-state index is 5.96. The molecule has 2 rings (SSSR count). The van der Waals surface area contributed by atoms with E-state index >= 15 is 0 Å². The van der Waals surface area contributed by atoms with Gasteiger partial charge in [0, 0.05) is 22.5 Å². The van der Waals surface area contributed by atoms with Crippen molar-refractivity contribution >= 4 is 31.9 Å². The highest BCUT2D eigenvalue weighted by molar-refractivity contribution is 9.11. The number of nitrogens with two attached hydrogens (primary N) is 1. The summed E-state index contributed by atoms with van der Waals surface area (Å²) < 4.78 is 7.52. The van der Waals surface area contributed by atoms with Crippen molar-refractivity contribution < 1.29 is 4.74 Å². The molecule has 0 aliphatic carbocycles. The summed E-state index contributed by atoms with van der Waals surface area (Å²) in [6, 6.07) is 4.08. The Balaban J connectivity index is 2.56. The first-order valence-corrected chi connectivity index (χ1v) is 5.64. The van der Waals surface area contributed by atoms with Crippen LogP contribution in [0.4, 0.5) is 0 Å². The van der Waals surface area contributed by atoms with E-state index in [1.54, 1.807) is 0 Å². The van der Waals surface area contributed by atoms with Gasteiger partial charge in [-0.2, -0.15) is 0 Å². The number of ether oxygens (including phenoxy) is 1. The van der Waals surface area contributed by atoms with Crippen LogP contribution in [0.1, 0.15) is 18.0 Å². The van der Waals surface area contributed by atoms with E-state index in [2.05, 4.69) is 31.9 Å². The Hall–Kier alpha value is -0.0600. The van der Waals surface area contributed by atoms with Crippen LogP contribution in [0, 0.1) is 0 Å². The van der Waals surface area contributed by atoms with Crippen molar-refractivity contribution in [3.05, 3.63) is 26.6 Å². The topological polar surface area (TPSA) is 35.2 Å². The molecule has 0 spiro atoms. The first-order chi connectivity index (χ1) is 6.18. The van der Waals surface area contributed by atoms with Crippen molar-refractivity contribution in [2.24, 2.45) is 5.73 Å². The smallest absolute Gasteiger partial charge is 0.138 e. The van der Waals surface area contributed by atoms with Gasteiger partial charge in [0.15, 0.2) is 0 Å². The van der Waals surface area contributed by atoms with Gasteiger partial charge in [0.25, 0.3) is 0 Å². The monoisotopic (exact) mass is 305 g/mol. The number of hydrogen-bond donors (Lipinski definition) is 1. The van der Waals surface area contributed by atoms with Crippen LogP contribution in [0.25, 0.3) is 0 Å². The van der Waals surface area contributed by atoms with Crippen molar-refractivity contribution in [1.82, 2.24) is 0 Å². The van der Waals surface area contributed by atoms with Gasteiger partial charge in [0.1, 0.15) is 5.75 Å². The summed E-state index contributed by atoms with van der Waals surface area (Å²) in [4.78, 5) is 0. The van der Waals surface area contributed by atoms with Crippen LogP contribution in [0.5, 0.6) is 5.75 Å². The van der Waals surface area contributed by atoms with Gasteiger partial charge >= 0.3 is 0 Å². The Labute approximate surface area is 93.7 Å². The zero-order valence-electron chi connectivity index (χ0n) is 6.89. The Morgan fingerprint density at radius 3 is 2.92 bits per heavy atom. The molecule has 0 bridgehead atoms. The molecule has 0 amide bonds. The van der Waals surface area contributed by atoms with Crippen LogP contribution in [-0.4, -0.2) is 6.61 Å². The molecule has 70 valence electrons. The maximum Gasteiger partial charge on any atom is 0.138 e. The minimum Gasteiger partial charge on any atom is -0.492 e. The fraction of sp³-hybridized carbons (Fsp3) is 0.333. The summed E-state index contributed by atoms with van der Waals surface area (Å²) in [6.07, 6.45) is 0.885. The molecule has 1 heterocycles. The number of benzene rings is 1. The maximum atomic E-state index is 5.96. The van der Waals surface area contributed by atoms with Crippen molar-refractivity contribution in [2.45, 2.75) is 12.5 Å². The van der Waals surface area contributed by atoms with E-state index in [4.69, 9.17) is 10.5 Å². The highest BCUT2D eigenvalue weighted by atomic mass is 79.9. The Morgan fingerprint density at radius 1 is 1.38 bits per heavy atom. The number of fused-ring (bicyclic) bond motifs is 1. The summed E-state index contributed by atoms with van der Waals surface area (Å²) >= 11 is 6.88. The third kappa shape index (κ3) is 1.75. The summed E-state index contributed by atoms with van der Waals surface area (Å²) in [7, 11) is 0. The van der Waals surface area contributed by atoms with Crippen LogP contribution < -0.4 is 10.5 Å². The second-order valence-electron chi connectivity index (χ2n) is 3.05. The van der Waals surface area contributed by atoms with E-state index in [1.165, 1.54) is 0 Å². The zero-order valence-corrected chi connectivity index (χ0v) is 10.1. The third-order valence-corrected chi connectivity index (χ3v) is 3.16. The molecule has 4 heteroatoms. The second kappa shape index (κ2) is 3.59. The summed E-state index contributed by atoms with van der Waals surface area (Å²) in [5.41, 5.74) is 7.04. The van der Waals surface area contributed by atoms with Crippen LogP contribution in [0.15, 0.2) is 21.1 Å². The van der Waals surface area contributed by atoms with Gasteiger partial charge < -0.3 is 10.5 Å². The Morgan fingerprint density at radius 2 is 2.15 bits per heavy atom. The first kappa shape index (κ1) is 9.49. The quantitative estimate of drug-likeness (QED) is 0.800. The van der Waals surface area contributed by atoms with E-state index in [0.29, 0.717) is 6.61 Å². The molecule has 1 aromatic carbocycles. The average molecular weight is 307 g/mol. The highest BCUT2D eigenvalue weighted by Crippen LogP contribution is 2.39. The molecule has 1 unspecified atom stereocenters. The van der Waals surface area contributed by atoms with E-state index < -0.39 is 0 Å². The summed E-state index contributed by atoms with van der Waals surface area (Å²) in [5.74, 6) is 0.891. The fourth-order valence-corrected chi connectivity index (χ4v) is 2.82. The molecule has 0 radical (unpaired) electrons. The molecule has 2 N–H and O–H groups in total. The molecular formula is C9H9Br2NO. The lowest BCUT2D eigenvalue weighted by Crippen LogP contribution is -2.20. The molecule has 0 fully saturated rings. The van der Waals surface area contributed by atoms with E-state index in [1.807, 2.05) is 12.1 Å². The zero-order chi connectivity index (χ0) is 9.42. The minimum atomic E-state index is 0.0950. The van der Waals surface area contributed by atoms with Crippen molar-refractivity contribution in [3.8, 4) is 5.75 Å². The van der Waals surface area contributed by atoms with Crippen molar-refractivity contribution in [1.29, 1.82) is 0 Å². The molecule has 1 aliphatic heterocycles. The molecule has 0 saturated heterocycles. The predicted molar refractivity (Wildman–Crippen MR) is 58.9 cm³/mol. The summed E-state index contributed by atoms with van der Waals surface area (Å²) in [6.45, 7) is 0.703. The lowest BCUT2D eigenvalue weighted by Gasteiger charge is -2.24. The second-order valence-corrected chi connectivity index (χ2v) is 4.82. The number of hydrogen-bond acceptors (Lipinski definition) is 2. The van der Waals surface area contributed by atoms with E-state index in [9.17, 15) is 0 Å². The van der Waals surface area contributed by atoms with Crippen LogP contribution in [-0.2, 0) is 0 Å². The van der Waals surface area contributed by atoms with Gasteiger partial charge in [0.2, 0.25) is 0 Å². The molecule has 0 aromatic heterocycles. The van der Waals surface area contributed by atoms with Crippen LogP contribution in [0.3, 0.4) is 0 Å². The Bertz CT molecular complexity index is 341. The molecule has 0 saturated carbocycles. The molecule has 2 nitrogen and oxygen atoms in total. The molecule has 1 aliphatic rings. The minimum absolute atomic E-state index is 0.0950. The lowest BCUT2D eigenvalue weighted by atomic mass is 10.0. The van der Waals surface area contributed by atoms with E-state index in [-0.39, 0.29) is 6.04 Å². The lowest BCUT2D eigenvalue weighted by molar-refractivity contribution is 0.267. The van der Waals surface area contributed by atoms with Gasteiger partial charge in [0.05, 0.1) is 11.1 Å². The summed E-state index contributed by atoms with van der Waals surface area (Å²) in [5, 5.41) is 0. The molecule has 13 heavy (non-hydrogen) atoms. The third-order valence-electron chi connectivity index (χ3n) is 2.11. The van der Waals surface area contributed by atoms with Gasteiger partial charge in [-0.25, -0.2) is 0 Å². The molecular weight excluding hydrogens is 298 g/mol. The van der Waals surface area contributed by atoms with Gasteiger partial charge in [-0.05, 0) is 28.1 Å². The van der Waals surface area contributed by atoms with Crippen LogP contribution in [0.2, 0.25) is 0 Å². The van der Waals surface area contributed by atoms with E-state index in [0.717, 1.165) is 26.7 Å². The van der Waals surface area contributed by atoms with Gasteiger partial charge in [-0.1, -0.05) is 15.9 Å². The molecule has 1 atom stereocenters. The number of halogens is 2. The first-order valence-electron chi connectivity index (χ1n) is 4.06. The Kier molecular flexibility index (Phi) is 2.62. The standard InChI is InChI=1S/C9H9Br2NO/c10-5-3-6-8(12)1-2-13-9(6)7(11)4-5/h3-4,8H,1-2,12H2. The fourth-order valence-electron chi connectivity index (χ4n) is 1.45. The molecule has 1 aromatic rings. The normalized spacial score (nSPS) is 20.7. The van der Waals surface area contributed by atoms with Crippen molar-refractivity contribution in [2.75, 3.05) is 6.61 Å².